The molecule has 1 aliphatic rings. The van der Waals surface area contributed by atoms with Crippen LogP contribution in [0, 0.1) is 5.82 Å². The molecule has 2 heterocycles. The Hall–Kier alpha value is -3.20. The number of hydrogen-bond acceptors (Lipinski definition) is 7. The predicted molar refractivity (Wildman–Crippen MR) is 141 cm³/mol. The average molecular weight is 511 g/mol. The van der Waals surface area contributed by atoms with Crippen LogP contribution in [0.4, 0.5) is 10.2 Å². The number of morpholine rings is 1. The third-order valence-corrected chi connectivity index (χ3v) is 6.55. The Morgan fingerprint density at radius 2 is 1.89 bits per heavy atom. The Kier molecular flexibility index (Phi) is 7.09. The molecule has 1 aliphatic heterocycles. The average Bonchev–Trinajstić information content (AvgIpc) is 2.87. The van der Waals surface area contributed by atoms with Crippen LogP contribution >= 0.6 is 11.6 Å². The van der Waals surface area contributed by atoms with E-state index in [-0.39, 0.29) is 27.9 Å². The molecule has 36 heavy (non-hydrogen) atoms. The number of aromatic nitrogens is 2. The van der Waals surface area contributed by atoms with Crippen molar-refractivity contribution in [3.8, 4) is 22.9 Å². The first-order valence-electron chi connectivity index (χ1n) is 11.9. The van der Waals surface area contributed by atoms with E-state index in [0.29, 0.717) is 49.7 Å². The topological polar surface area (TPSA) is 71.0 Å². The highest BCUT2D eigenvalue weighted by atomic mass is 35.5. The zero-order valence-corrected chi connectivity index (χ0v) is 21.1. The van der Waals surface area contributed by atoms with Crippen molar-refractivity contribution in [3.63, 3.8) is 0 Å². The lowest BCUT2D eigenvalue weighted by Crippen LogP contribution is -2.37. The lowest BCUT2D eigenvalue weighted by molar-refractivity contribution is 0.122. The van der Waals surface area contributed by atoms with E-state index in [9.17, 15) is 5.11 Å². The molecule has 0 radical (unpaired) electrons. The Morgan fingerprint density at radius 1 is 1.11 bits per heavy atom. The van der Waals surface area contributed by atoms with Gasteiger partial charge < -0.3 is 24.4 Å². The van der Waals surface area contributed by atoms with Gasteiger partial charge in [0.15, 0.2) is 5.82 Å². The number of ether oxygens (including phenoxy) is 2. The number of benzene rings is 3. The Balaban J connectivity index is 1.67. The zero-order valence-electron chi connectivity index (χ0n) is 20.3. The largest absolute Gasteiger partial charge is 0.508 e. The molecule has 1 N–H and O–H groups in total. The summed E-state index contributed by atoms with van der Waals surface area (Å²) in [5, 5.41) is 12.6. The van der Waals surface area contributed by atoms with Crippen molar-refractivity contribution in [3.05, 3.63) is 53.3 Å². The minimum Gasteiger partial charge on any atom is -0.508 e. The molecule has 1 fully saturated rings. The van der Waals surface area contributed by atoms with Gasteiger partial charge in [0, 0.05) is 30.6 Å². The first-order valence-corrected chi connectivity index (χ1v) is 12.3. The van der Waals surface area contributed by atoms with E-state index in [1.54, 1.807) is 12.1 Å². The Morgan fingerprint density at radius 3 is 2.67 bits per heavy atom. The number of hydrogen-bond donors (Lipinski definition) is 1. The molecular formula is C27H28ClFN4O3. The summed E-state index contributed by atoms with van der Waals surface area (Å²) >= 11 is 6.72. The number of rotatable bonds is 7. The number of phenols is 1. The molecule has 1 saturated heterocycles. The lowest BCUT2D eigenvalue weighted by Gasteiger charge is -2.29. The summed E-state index contributed by atoms with van der Waals surface area (Å²) in [4.78, 5) is 13.2. The van der Waals surface area contributed by atoms with E-state index in [4.69, 9.17) is 21.1 Å². The van der Waals surface area contributed by atoms with Crippen LogP contribution < -0.4 is 9.64 Å². The molecule has 4 aromatic rings. The van der Waals surface area contributed by atoms with Gasteiger partial charge in [-0.2, -0.15) is 9.97 Å². The van der Waals surface area contributed by atoms with Crippen LogP contribution in [0.15, 0.2) is 42.5 Å². The SMILES string of the molecule is CN(C)CCCOc1nc(N2CCOCC2)c2cc(Cl)c(-c3cc(O)cc4ccccc34)c(F)c2n1. The monoisotopic (exact) mass is 510 g/mol. The summed E-state index contributed by atoms with van der Waals surface area (Å²) < 4.78 is 27.7. The number of fused-ring (bicyclic) bond motifs is 2. The highest BCUT2D eigenvalue weighted by molar-refractivity contribution is 6.35. The molecule has 9 heteroatoms. The van der Waals surface area contributed by atoms with E-state index in [0.717, 1.165) is 23.7 Å². The van der Waals surface area contributed by atoms with Crippen molar-refractivity contribution >= 4 is 39.1 Å². The van der Waals surface area contributed by atoms with E-state index < -0.39 is 5.82 Å². The van der Waals surface area contributed by atoms with E-state index in [2.05, 4.69) is 14.9 Å². The molecule has 1 aromatic heterocycles. The molecule has 5 rings (SSSR count). The summed E-state index contributed by atoms with van der Waals surface area (Å²) in [7, 11) is 3.99. The van der Waals surface area contributed by atoms with Gasteiger partial charge >= 0.3 is 6.01 Å². The van der Waals surface area contributed by atoms with Crippen LogP contribution in [0.2, 0.25) is 5.02 Å². The predicted octanol–water partition coefficient (Wildman–Crippen LogP) is 5.12. The van der Waals surface area contributed by atoms with Crippen molar-refractivity contribution < 1.29 is 19.0 Å². The normalized spacial score (nSPS) is 14.2. The van der Waals surface area contributed by atoms with Gasteiger partial charge in [-0.15, -0.1) is 0 Å². The number of halogens is 2. The van der Waals surface area contributed by atoms with Crippen LogP contribution in [0.1, 0.15) is 6.42 Å². The molecule has 188 valence electrons. The maximum Gasteiger partial charge on any atom is 0.319 e. The van der Waals surface area contributed by atoms with E-state index >= 15 is 4.39 Å². The van der Waals surface area contributed by atoms with Gasteiger partial charge in [-0.3, -0.25) is 0 Å². The summed E-state index contributed by atoms with van der Waals surface area (Å²) in [5.41, 5.74) is 0.803. The van der Waals surface area contributed by atoms with E-state index in [1.807, 2.05) is 43.3 Å². The zero-order chi connectivity index (χ0) is 25.2. The summed E-state index contributed by atoms with van der Waals surface area (Å²) in [6, 6.07) is 12.5. The first kappa shape index (κ1) is 24.5. The standard InChI is InChI=1S/C27H28ClFN4O3/c1-32(2)8-5-11-36-27-30-25-21(26(31-27)33-9-12-35-13-10-33)16-22(28)23(24(25)29)20-15-18(34)14-17-6-3-4-7-19(17)20/h3-4,6-7,14-16,34H,5,8-13H2,1-2H3. The highest BCUT2D eigenvalue weighted by Gasteiger charge is 2.24. The van der Waals surface area contributed by atoms with Crippen molar-refractivity contribution in [1.82, 2.24) is 14.9 Å². The second-order valence-corrected chi connectivity index (χ2v) is 9.50. The van der Waals surface area contributed by atoms with Gasteiger partial charge in [-0.1, -0.05) is 35.9 Å². The molecular weight excluding hydrogens is 483 g/mol. The fraction of sp³-hybridized carbons (Fsp3) is 0.333. The minimum atomic E-state index is -0.580. The molecule has 7 nitrogen and oxygen atoms in total. The first-order chi connectivity index (χ1) is 17.4. The second kappa shape index (κ2) is 10.4. The Labute approximate surface area is 214 Å². The second-order valence-electron chi connectivity index (χ2n) is 9.09. The fourth-order valence-corrected chi connectivity index (χ4v) is 4.83. The number of aromatic hydroxyl groups is 1. The number of phenolic OH excluding ortho intramolecular Hbond substituents is 1. The van der Waals surface area contributed by atoms with Gasteiger partial charge in [-0.25, -0.2) is 4.39 Å². The molecule has 0 aliphatic carbocycles. The number of nitrogens with zero attached hydrogens (tertiary/aromatic N) is 4. The maximum atomic E-state index is 16.3. The van der Waals surface area contributed by atoms with Gasteiger partial charge in [0.1, 0.15) is 17.1 Å². The van der Waals surface area contributed by atoms with Crippen LogP contribution in [0.25, 0.3) is 32.8 Å². The maximum absolute atomic E-state index is 16.3. The summed E-state index contributed by atoms with van der Waals surface area (Å²) in [5.74, 6) is 0.0169. The van der Waals surface area contributed by atoms with Gasteiger partial charge in [0.2, 0.25) is 0 Å². The fourth-order valence-electron chi connectivity index (χ4n) is 4.53. The minimum absolute atomic E-state index is 0.0286. The smallest absolute Gasteiger partial charge is 0.319 e. The molecule has 0 unspecified atom stereocenters. The molecule has 3 aromatic carbocycles. The van der Waals surface area contributed by atoms with Crippen LogP contribution in [0.5, 0.6) is 11.8 Å². The third kappa shape index (κ3) is 4.89. The van der Waals surface area contributed by atoms with Gasteiger partial charge in [0.05, 0.1) is 24.8 Å². The molecule has 0 amide bonds. The summed E-state index contributed by atoms with van der Waals surface area (Å²) in [6.45, 7) is 3.59. The van der Waals surface area contributed by atoms with Crippen molar-refractivity contribution in [1.29, 1.82) is 0 Å². The summed E-state index contributed by atoms with van der Waals surface area (Å²) in [6.07, 6.45) is 0.783. The quantitative estimate of drug-likeness (QED) is 0.346. The highest BCUT2D eigenvalue weighted by Crippen LogP contribution is 2.42. The van der Waals surface area contributed by atoms with Crippen molar-refractivity contribution in [2.75, 3.05) is 58.5 Å². The molecule has 0 saturated carbocycles. The van der Waals surface area contributed by atoms with Crippen molar-refractivity contribution in [2.24, 2.45) is 0 Å². The molecule has 0 atom stereocenters. The molecule has 0 bridgehead atoms. The molecule has 0 spiro atoms. The Bertz CT molecular complexity index is 1410. The number of anilines is 1. The van der Waals surface area contributed by atoms with Crippen LogP contribution in [0.3, 0.4) is 0 Å². The van der Waals surface area contributed by atoms with Crippen LogP contribution in [-0.2, 0) is 4.74 Å². The van der Waals surface area contributed by atoms with Gasteiger partial charge in [0.25, 0.3) is 0 Å². The lowest BCUT2D eigenvalue weighted by atomic mass is 9.96. The van der Waals surface area contributed by atoms with E-state index in [1.165, 1.54) is 6.07 Å². The van der Waals surface area contributed by atoms with Crippen molar-refractivity contribution in [2.45, 2.75) is 6.42 Å². The van der Waals surface area contributed by atoms with Crippen LogP contribution in [-0.4, -0.2) is 73.5 Å². The van der Waals surface area contributed by atoms with Gasteiger partial charge in [-0.05, 0) is 55.1 Å². The third-order valence-electron chi connectivity index (χ3n) is 6.25.